The Labute approximate surface area is 116 Å². The van der Waals surface area contributed by atoms with E-state index < -0.39 is 0 Å². The maximum Gasteiger partial charge on any atom is 0.128 e. The second-order valence-corrected chi connectivity index (χ2v) is 4.96. The summed E-state index contributed by atoms with van der Waals surface area (Å²) in [4.78, 5) is 6.58. The monoisotopic (exact) mass is 265 g/mol. The van der Waals surface area contributed by atoms with Crippen LogP contribution in [-0.4, -0.2) is 28.5 Å². The summed E-state index contributed by atoms with van der Waals surface area (Å²) >= 11 is 0. The molecule has 1 heterocycles. The summed E-state index contributed by atoms with van der Waals surface area (Å²) < 4.78 is 0. The number of nitrogens with zero attached hydrogens (tertiary/aromatic N) is 2. The zero-order valence-corrected chi connectivity index (χ0v) is 12.5. The van der Waals surface area contributed by atoms with Crippen LogP contribution in [0.2, 0.25) is 0 Å². The van der Waals surface area contributed by atoms with Crippen LogP contribution in [0.25, 0.3) is 0 Å². The maximum absolute atomic E-state index is 6.01. The summed E-state index contributed by atoms with van der Waals surface area (Å²) in [6.07, 6.45) is 2.67. The van der Waals surface area contributed by atoms with E-state index in [2.05, 4.69) is 43.0 Å². The fourth-order valence-corrected chi connectivity index (χ4v) is 2.83. The molecular weight excluding hydrogens is 238 g/mol. The van der Waals surface area contributed by atoms with E-state index in [1.165, 1.54) is 0 Å². The van der Waals surface area contributed by atoms with E-state index in [4.69, 9.17) is 11.6 Å². The average molecular weight is 265 g/mol. The summed E-state index contributed by atoms with van der Waals surface area (Å²) in [5, 5.41) is 0. The van der Waals surface area contributed by atoms with Gasteiger partial charge in [-0.2, -0.15) is 0 Å². The minimum absolute atomic E-state index is 0.0499. The molecule has 0 aromatic carbocycles. The fourth-order valence-electron chi connectivity index (χ4n) is 2.83. The lowest BCUT2D eigenvalue weighted by Crippen LogP contribution is -2.55. The first kappa shape index (κ1) is 15.9. The molecule has 0 aliphatic carbocycles. The molecule has 0 spiro atoms. The molecule has 5 heteroatoms. The van der Waals surface area contributed by atoms with Gasteiger partial charge in [-0.15, -0.1) is 0 Å². The standard InChI is InChI=1S/C14H27N5/c1-5-14(4,19(6-2)7-3)12(18-16)11-9-8-10-17-13(11)15/h8-10,12,18H,5-7,16H2,1-4H3,(H2,15,17). The Hall–Kier alpha value is -1.17. The highest BCUT2D eigenvalue weighted by Gasteiger charge is 2.38. The minimum atomic E-state index is -0.102. The quantitative estimate of drug-likeness (QED) is 0.516. The van der Waals surface area contributed by atoms with E-state index in [1.807, 2.05) is 12.1 Å². The van der Waals surface area contributed by atoms with Gasteiger partial charge in [-0.3, -0.25) is 16.2 Å². The molecule has 0 radical (unpaired) electrons. The third kappa shape index (κ3) is 3.05. The van der Waals surface area contributed by atoms with Gasteiger partial charge in [0.25, 0.3) is 0 Å². The highest BCUT2D eigenvalue weighted by Crippen LogP contribution is 2.35. The number of hydrogen-bond donors (Lipinski definition) is 3. The summed E-state index contributed by atoms with van der Waals surface area (Å²) in [6, 6.07) is 3.84. The van der Waals surface area contributed by atoms with Crippen molar-refractivity contribution in [3.8, 4) is 0 Å². The number of hydrazine groups is 1. The third-order valence-electron chi connectivity index (χ3n) is 4.17. The first-order valence-electron chi connectivity index (χ1n) is 6.96. The summed E-state index contributed by atoms with van der Waals surface area (Å²) in [7, 11) is 0. The number of hydrogen-bond acceptors (Lipinski definition) is 5. The van der Waals surface area contributed by atoms with Gasteiger partial charge >= 0.3 is 0 Å². The lowest BCUT2D eigenvalue weighted by atomic mass is 9.83. The van der Waals surface area contributed by atoms with Crippen molar-refractivity contribution in [3.05, 3.63) is 23.9 Å². The van der Waals surface area contributed by atoms with Gasteiger partial charge in [0.1, 0.15) is 5.82 Å². The molecule has 0 aliphatic heterocycles. The number of aromatic nitrogens is 1. The van der Waals surface area contributed by atoms with E-state index >= 15 is 0 Å². The second-order valence-electron chi connectivity index (χ2n) is 4.96. The van der Waals surface area contributed by atoms with E-state index in [1.54, 1.807) is 6.20 Å². The van der Waals surface area contributed by atoms with Crippen molar-refractivity contribution in [2.45, 2.75) is 45.7 Å². The van der Waals surface area contributed by atoms with E-state index in [0.717, 1.165) is 25.1 Å². The van der Waals surface area contributed by atoms with Crippen molar-refractivity contribution in [1.29, 1.82) is 0 Å². The molecule has 108 valence electrons. The van der Waals surface area contributed by atoms with Crippen LogP contribution >= 0.6 is 0 Å². The summed E-state index contributed by atoms with van der Waals surface area (Å²) in [5.74, 6) is 6.36. The number of anilines is 1. The van der Waals surface area contributed by atoms with Gasteiger partial charge in [0.05, 0.1) is 6.04 Å². The van der Waals surface area contributed by atoms with Crippen LogP contribution in [0.15, 0.2) is 18.3 Å². The molecule has 0 bridgehead atoms. The highest BCUT2D eigenvalue weighted by atomic mass is 15.3. The van der Waals surface area contributed by atoms with Crippen molar-refractivity contribution in [2.24, 2.45) is 5.84 Å². The van der Waals surface area contributed by atoms with Gasteiger partial charge in [0.15, 0.2) is 0 Å². The Morgan fingerprint density at radius 1 is 1.37 bits per heavy atom. The van der Waals surface area contributed by atoms with Crippen LogP contribution in [0.5, 0.6) is 0 Å². The molecule has 0 amide bonds. The van der Waals surface area contributed by atoms with E-state index in [0.29, 0.717) is 5.82 Å². The lowest BCUT2D eigenvalue weighted by molar-refractivity contribution is 0.0700. The van der Waals surface area contributed by atoms with Crippen LogP contribution in [0, 0.1) is 0 Å². The molecule has 5 nitrogen and oxygen atoms in total. The van der Waals surface area contributed by atoms with Gasteiger partial charge in [-0.25, -0.2) is 4.98 Å². The Balaban J connectivity index is 3.22. The normalized spacial score (nSPS) is 16.3. The minimum Gasteiger partial charge on any atom is -0.383 e. The Bertz CT molecular complexity index is 391. The lowest BCUT2D eigenvalue weighted by Gasteiger charge is -2.45. The smallest absolute Gasteiger partial charge is 0.128 e. The number of nitrogen functional groups attached to an aromatic ring is 1. The van der Waals surface area contributed by atoms with E-state index in [9.17, 15) is 0 Å². The zero-order chi connectivity index (χ0) is 14.5. The third-order valence-corrected chi connectivity index (χ3v) is 4.17. The number of nitrogens with two attached hydrogens (primary N) is 2. The zero-order valence-electron chi connectivity index (χ0n) is 12.5. The van der Waals surface area contributed by atoms with Crippen molar-refractivity contribution in [2.75, 3.05) is 18.8 Å². The number of likely N-dealkylation sites (N-methyl/N-ethyl adjacent to an activating group) is 1. The highest BCUT2D eigenvalue weighted by molar-refractivity contribution is 5.42. The molecule has 1 aromatic rings. The molecule has 1 aromatic heterocycles. The molecule has 0 aliphatic rings. The number of rotatable bonds is 7. The molecular formula is C14H27N5. The predicted molar refractivity (Wildman–Crippen MR) is 80.3 cm³/mol. The summed E-state index contributed by atoms with van der Waals surface area (Å²) in [5.41, 5.74) is 9.80. The predicted octanol–water partition coefficient (Wildman–Crippen LogP) is 1.68. The average Bonchev–Trinajstić information content (AvgIpc) is 2.43. The first-order chi connectivity index (χ1) is 9.04. The second kappa shape index (κ2) is 6.84. The molecule has 0 saturated heterocycles. The molecule has 1 rings (SSSR count). The van der Waals surface area contributed by atoms with Crippen LogP contribution in [0.1, 0.15) is 45.7 Å². The van der Waals surface area contributed by atoms with Crippen molar-refractivity contribution in [3.63, 3.8) is 0 Å². The van der Waals surface area contributed by atoms with Gasteiger partial charge in [-0.05, 0) is 32.5 Å². The van der Waals surface area contributed by atoms with Gasteiger partial charge in [-0.1, -0.05) is 26.8 Å². The number of pyridine rings is 1. The van der Waals surface area contributed by atoms with Crippen LogP contribution < -0.4 is 17.0 Å². The van der Waals surface area contributed by atoms with Crippen molar-refractivity contribution >= 4 is 5.82 Å². The number of nitrogens with one attached hydrogen (secondary N) is 1. The Kier molecular flexibility index (Phi) is 5.72. The maximum atomic E-state index is 6.01. The van der Waals surface area contributed by atoms with Gasteiger partial charge in [0.2, 0.25) is 0 Å². The largest absolute Gasteiger partial charge is 0.383 e. The van der Waals surface area contributed by atoms with Gasteiger partial charge < -0.3 is 5.73 Å². The molecule has 19 heavy (non-hydrogen) atoms. The van der Waals surface area contributed by atoms with Crippen LogP contribution in [-0.2, 0) is 0 Å². The SMILES string of the molecule is CCN(CC)C(C)(CC)C(NN)c1cccnc1N. The van der Waals surface area contributed by atoms with Crippen LogP contribution in [0.4, 0.5) is 5.82 Å². The topological polar surface area (TPSA) is 80.2 Å². The first-order valence-corrected chi connectivity index (χ1v) is 6.96. The molecule has 5 N–H and O–H groups in total. The van der Waals surface area contributed by atoms with Crippen molar-refractivity contribution < 1.29 is 0 Å². The molecule has 0 saturated carbocycles. The van der Waals surface area contributed by atoms with Gasteiger partial charge in [0, 0.05) is 17.3 Å². The fraction of sp³-hybridized carbons (Fsp3) is 0.643. The van der Waals surface area contributed by atoms with E-state index in [-0.39, 0.29) is 11.6 Å². The molecule has 2 unspecified atom stereocenters. The van der Waals surface area contributed by atoms with Crippen molar-refractivity contribution in [1.82, 2.24) is 15.3 Å². The Morgan fingerprint density at radius 2 is 2.00 bits per heavy atom. The summed E-state index contributed by atoms with van der Waals surface area (Å²) in [6.45, 7) is 10.7. The Morgan fingerprint density at radius 3 is 2.42 bits per heavy atom. The molecule has 0 fully saturated rings. The molecule has 2 atom stereocenters. The van der Waals surface area contributed by atoms with Crippen LogP contribution in [0.3, 0.4) is 0 Å².